The van der Waals surface area contributed by atoms with Crippen LogP contribution in [0.3, 0.4) is 0 Å². The van der Waals surface area contributed by atoms with Crippen molar-refractivity contribution >= 4 is 17.9 Å². The molecule has 0 aliphatic heterocycles. The van der Waals surface area contributed by atoms with Gasteiger partial charge >= 0.3 is 17.9 Å². The van der Waals surface area contributed by atoms with Gasteiger partial charge in [0.15, 0.2) is 6.10 Å². The summed E-state index contributed by atoms with van der Waals surface area (Å²) in [5.74, 6) is -1.03. The molecule has 0 aliphatic rings. The molecule has 0 aromatic heterocycles. The predicted octanol–water partition coefficient (Wildman–Crippen LogP) is 16.2. The van der Waals surface area contributed by atoms with Crippen LogP contribution in [0.1, 0.15) is 168 Å². The number of unbranched alkanes of at least 4 members (excludes halogenated alkanes) is 13. The molecule has 0 saturated carbocycles. The van der Waals surface area contributed by atoms with Gasteiger partial charge in [-0.25, -0.2) is 0 Å². The number of esters is 3. The fraction of sp³-hybridized carbons (Fsp3) is 0.500. The van der Waals surface area contributed by atoms with Gasteiger partial charge in [0.05, 0.1) is 0 Å². The molecular weight excluding hydrogens is 793 g/mol. The fourth-order valence-electron chi connectivity index (χ4n) is 5.94. The Labute approximate surface area is 390 Å². The van der Waals surface area contributed by atoms with E-state index in [1.54, 1.807) is 0 Å². The number of allylic oxidation sites excluding steroid dienone is 26. The topological polar surface area (TPSA) is 78.9 Å². The Balaban J connectivity index is 4.59. The SMILES string of the molecule is CC\C=C/C=C\C=C/C=C\C=C\C=C/C=C\CCCCCC(=O)OCC(COC(=O)CCCCC\C=C/C=C\C=C/C=C\CC)OC(=O)CCCCCCCCC/C=C\C/C=C\CC. The van der Waals surface area contributed by atoms with E-state index < -0.39 is 6.10 Å². The highest BCUT2D eigenvalue weighted by Crippen LogP contribution is 2.13. The van der Waals surface area contributed by atoms with Gasteiger partial charge in [-0.1, -0.05) is 224 Å². The van der Waals surface area contributed by atoms with Crippen molar-refractivity contribution in [2.24, 2.45) is 0 Å². The normalized spacial score (nSPS) is 13.5. The molecule has 0 heterocycles. The van der Waals surface area contributed by atoms with E-state index in [1.165, 1.54) is 19.3 Å². The standard InChI is InChI=1S/C58H86O6/c1-4-7-10-13-16-19-22-25-27-28-29-30-31-34-36-39-42-45-48-51-57(60)63-54-55(53-62-56(59)50-47-44-41-38-35-32-24-21-18-15-12-9-6-3)64-58(61)52-49-46-43-40-37-33-26-23-20-17-14-11-8-5-2/h7-13,15-22,24-25,27-32,34-36,55H,4-6,14,23,26,33,37-54H2,1-3H3/b10-7-,11-8-,12-9-,16-13-,18-15-,20-17-,22-19-,24-21-,27-25-,29-28+,31-30-,35-32-,36-34-. The third-order valence-electron chi connectivity index (χ3n) is 9.55. The molecule has 354 valence electrons. The second-order valence-electron chi connectivity index (χ2n) is 15.5. The molecule has 0 bridgehead atoms. The van der Waals surface area contributed by atoms with Gasteiger partial charge in [-0.15, -0.1) is 0 Å². The van der Waals surface area contributed by atoms with E-state index in [9.17, 15) is 14.4 Å². The van der Waals surface area contributed by atoms with Crippen LogP contribution >= 0.6 is 0 Å². The Kier molecular flexibility index (Phi) is 46.7. The molecule has 0 aromatic carbocycles. The molecule has 0 saturated heterocycles. The van der Waals surface area contributed by atoms with Crippen molar-refractivity contribution in [2.75, 3.05) is 13.2 Å². The molecule has 0 aliphatic carbocycles. The molecule has 0 N–H and O–H groups in total. The first-order valence-corrected chi connectivity index (χ1v) is 24.6. The summed E-state index contributed by atoms with van der Waals surface area (Å²) in [6.45, 7) is 6.13. The van der Waals surface area contributed by atoms with Gasteiger partial charge in [0.1, 0.15) is 13.2 Å². The molecule has 0 rings (SSSR count). The smallest absolute Gasteiger partial charge is 0.306 e. The van der Waals surface area contributed by atoms with Crippen molar-refractivity contribution in [1.29, 1.82) is 0 Å². The molecule has 0 radical (unpaired) electrons. The van der Waals surface area contributed by atoms with Crippen molar-refractivity contribution in [3.8, 4) is 0 Å². The summed E-state index contributed by atoms with van der Waals surface area (Å²) in [6, 6.07) is 0. The van der Waals surface area contributed by atoms with Gasteiger partial charge in [-0.05, 0) is 83.5 Å². The van der Waals surface area contributed by atoms with E-state index in [0.29, 0.717) is 19.3 Å². The predicted molar refractivity (Wildman–Crippen MR) is 274 cm³/mol. The number of hydrogen-bond donors (Lipinski definition) is 0. The Morgan fingerprint density at radius 2 is 0.641 bits per heavy atom. The summed E-state index contributed by atoms with van der Waals surface area (Å²) in [5.41, 5.74) is 0. The maximum Gasteiger partial charge on any atom is 0.306 e. The highest BCUT2D eigenvalue weighted by Gasteiger charge is 2.19. The lowest BCUT2D eigenvalue weighted by Crippen LogP contribution is -2.30. The first-order valence-electron chi connectivity index (χ1n) is 24.6. The lowest BCUT2D eigenvalue weighted by molar-refractivity contribution is -0.167. The average molecular weight is 879 g/mol. The minimum absolute atomic E-state index is 0.125. The summed E-state index contributed by atoms with van der Waals surface area (Å²) >= 11 is 0. The summed E-state index contributed by atoms with van der Waals surface area (Å²) in [5, 5.41) is 0. The van der Waals surface area contributed by atoms with Gasteiger partial charge in [0.2, 0.25) is 0 Å². The number of ether oxygens (including phenoxy) is 3. The second kappa shape index (κ2) is 50.7. The van der Waals surface area contributed by atoms with Crippen LogP contribution in [0.15, 0.2) is 158 Å². The van der Waals surface area contributed by atoms with Crippen molar-refractivity contribution in [3.63, 3.8) is 0 Å². The molecule has 1 atom stereocenters. The van der Waals surface area contributed by atoms with Gasteiger partial charge < -0.3 is 14.2 Å². The van der Waals surface area contributed by atoms with Gasteiger partial charge in [-0.3, -0.25) is 14.4 Å². The number of carbonyl (C=O) groups excluding carboxylic acids is 3. The molecule has 64 heavy (non-hydrogen) atoms. The minimum Gasteiger partial charge on any atom is -0.462 e. The maximum absolute atomic E-state index is 12.8. The zero-order valence-electron chi connectivity index (χ0n) is 40.2. The quantitative estimate of drug-likeness (QED) is 0.0200. The van der Waals surface area contributed by atoms with Crippen molar-refractivity contribution in [3.05, 3.63) is 158 Å². The van der Waals surface area contributed by atoms with E-state index >= 15 is 0 Å². The Morgan fingerprint density at radius 1 is 0.328 bits per heavy atom. The molecule has 6 nitrogen and oxygen atoms in total. The number of rotatable bonds is 41. The minimum atomic E-state index is -0.825. The molecule has 0 aromatic rings. The number of carbonyl (C=O) groups is 3. The van der Waals surface area contributed by atoms with Crippen LogP contribution in [0.5, 0.6) is 0 Å². The van der Waals surface area contributed by atoms with Crippen LogP contribution in [0.4, 0.5) is 0 Å². The Morgan fingerprint density at radius 3 is 1.06 bits per heavy atom. The van der Waals surface area contributed by atoms with Crippen molar-refractivity contribution in [2.45, 2.75) is 175 Å². The maximum atomic E-state index is 12.8. The van der Waals surface area contributed by atoms with E-state index in [4.69, 9.17) is 14.2 Å². The van der Waals surface area contributed by atoms with E-state index in [1.807, 2.05) is 109 Å². The third kappa shape index (κ3) is 48.1. The van der Waals surface area contributed by atoms with E-state index in [2.05, 4.69) is 69.4 Å². The third-order valence-corrected chi connectivity index (χ3v) is 9.55. The monoisotopic (exact) mass is 879 g/mol. The van der Waals surface area contributed by atoms with Crippen molar-refractivity contribution in [1.82, 2.24) is 0 Å². The van der Waals surface area contributed by atoms with Crippen LogP contribution < -0.4 is 0 Å². The molecule has 0 fully saturated rings. The van der Waals surface area contributed by atoms with Crippen LogP contribution in [0.2, 0.25) is 0 Å². The average Bonchev–Trinajstić information content (AvgIpc) is 3.29. The van der Waals surface area contributed by atoms with Crippen LogP contribution in [-0.4, -0.2) is 37.2 Å². The van der Waals surface area contributed by atoms with Gasteiger partial charge in [-0.2, -0.15) is 0 Å². The van der Waals surface area contributed by atoms with Crippen LogP contribution in [0.25, 0.3) is 0 Å². The van der Waals surface area contributed by atoms with Gasteiger partial charge in [0.25, 0.3) is 0 Å². The lowest BCUT2D eigenvalue weighted by Gasteiger charge is -2.18. The zero-order valence-corrected chi connectivity index (χ0v) is 40.2. The van der Waals surface area contributed by atoms with Crippen molar-refractivity contribution < 1.29 is 28.6 Å². The Hall–Kier alpha value is -4.97. The molecule has 1 unspecified atom stereocenters. The first kappa shape index (κ1) is 59.0. The largest absolute Gasteiger partial charge is 0.462 e. The summed E-state index contributed by atoms with van der Waals surface area (Å²) in [6.07, 6.45) is 73.6. The zero-order chi connectivity index (χ0) is 46.5. The van der Waals surface area contributed by atoms with E-state index in [0.717, 1.165) is 103 Å². The van der Waals surface area contributed by atoms with Crippen LogP contribution in [0, 0.1) is 0 Å². The highest BCUT2D eigenvalue weighted by molar-refractivity contribution is 5.71. The molecule has 6 heteroatoms. The second-order valence-corrected chi connectivity index (χ2v) is 15.5. The summed E-state index contributed by atoms with van der Waals surface area (Å²) < 4.78 is 16.7. The molecular formula is C58H86O6. The Bertz CT molecular complexity index is 1520. The fourth-order valence-corrected chi connectivity index (χ4v) is 5.94. The van der Waals surface area contributed by atoms with Crippen LogP contribution in [-0.2, 0) is 28.6 Å². The summed E-state index contributed by atoms with van der Waals surface area (Å²) in [4.78, 5) is 37.9. The summed E-state index contributed by atoms with van der Waals surface area (Å²) in [7, 11) is 0. The first-order chi connectivity index (χ1) is 31.5. The highest BCUT2D eigenvalue weighted by atomic mass is 16.6. The van der Waals surface area contributed by atoms with E-state index in [-0.39, 0.29) is 37.5 Å². The molecule has 0 amide bonds. The van der Waals surface area contributed by atoms with Gasteiger partial charge in [0, 0.05) is 19.3 Å². The lowest BCUT2D eigenvalue weighted by atomic mass is 10.1. The molecule has 0 spiro atoms. The number of hydrogen-bond acceptors (Lipinski definition) is 6.